The van der Waals surface area contributed by atoms with Crippen molar-refractivity contribution in [2.75, 3.05) is 7.11 Å². The predicted molar refractivity (Wildman–Crippen MR) is 110 cm³/mol. The van der Waals surface area contributed by atoms with Crippen LogP contribution in [0.15, 0.2) is 52.5 Å². The molecule has 0 aliphatic carbocycles. The van der Waals surface area contributed by atoms with Crippen molar-refractivity contribution in [2.45, 2.75) is 6.61 Å². The molecule has 0 saturated carbocycles. The molecule has 0 fully saturated rings. The molecule has 0 unspecified atom stereocenters. The van der Waals surface area contributed by atoms with E-state index in [2.05, 4.69) is 15.3 Å². The number of hydrogen-bond acceptors (Lipinski definition) is 6. The van der Waals surface area contributed by atoms with E-state index in [-0.39, 0.29) is 11.4 Å². The van der Waals surface area contributed by atoms with Gasteiger partial charge in [0.05, 0.1) is 13.3 Å². The highest BCUT2D eigenvalue weighted by Crippen LogP contribution is 2.31. The third kappa shape index (κ3) is 4.59. The van der Waals surface area contributed by atoms with Crippen LogP contribution in [-0.4, -0.2) is 28.2 Å². The lowest BCUT2D eigenvalue weighted by Gasteiger charge is -2.13. The first-order chi connectivity index (χ1) is 13.5. The van der Waals surface area contributed by atoms with E-state index in [9.17, 15) is 4.79 Å². The van der Waals surface area contributed by atoms with Gasteiger partial charge in [0, 0.05) is 15.6 Å². The van der Waals surface area contributed by atoms with Crippen LogP contribution in [0.1, 0.15) is 11.1 Å². The number of halogens is 2. The molecule has 0 spiro atoms. The summed E-state index contributed by atoms with van der Waals surface area (Å²) in [5.41, 5.74) is 0.923. The highest BCUT2D eigenvalue weighted by atomic mass is 35.5. The lowest BCUT2D eigenvalue weighted by Crippen LogP contribution is -2.18. The average Bonchev–Trinajstić information content (AvgIpc) is 2.67. The normalized spacial score (nSPS) is 11.0. The van der Waals surface area contributed by atoms with Crippen LogP contribution in [0.2, 0.25) is 10.0 Å². The molecule has 144 valence electrons. The molecule has 7 nitrogen and oxygen atoms in total. The molecule has 0 bridgehead atoms. The van der Waals surface area contributed by atoms with Crippen LogP contribution in [-0.2, 0) is 6.61 Å². The molecule has 0 atom stereocenters. The summed E-state index contributed by atoms with van der Waals surface area (Å²) >= 11 is 17.3. The van der Waals surface area contributed by atoms with Gasteiger partial charge in [-0.2, -0.15) is 14.9 Å². The first-order valence-electron chi connectivity index (χ1n) is 7.94. The van der Waals surface area contributed by atoms with Crippen molar-refractivity contribution >= 4 is 41.6 Å². The molecule has 0 amide bonds. The maximum Gasteiger partial charge on any atom is 0.293 e. The van der Waals surface area contributed by atoms with Gasteiger partial charge in [0.25, 0.3) is 5.56 Å². The van der Waals surface area contributed by atoms with Crippen molar-refractivity contribution in [1.29, 1.82) is 0 Å². The molecule has 1 aromatic heterocycles. The number of rotatable bonds is 6. The monoisotopic (exact) mass is 436 g/mol. The predicted octanol–water partition coefficient (Wildman–Crippen LogP) is 4.08. The Bertz CT molecular complexity index is 1100. The number of hydrogen-bond donors (Lipinski definition) is 1. The molecule has 0 aliphatic rings. The summed E-state index contributed by atoms with van der Waals surface area (Å²) in [6.45, 7) is 0.184. The molecule has 2 aromatic carbocycles. The topological polar surface area (TPSA) is 81.5 Å². The Hall–Kier alpha value is -2.68. The maximum atomic E-state index is 11.7. The number of benzene rings is 2. The lowest BCUT2D eigenvalue weighted by atomic mass is 10.2. The van der Waals surface area contributed by atoms with Gasteiger partial charge < -0.3 is 9.47 Å². The molecule has 28 heavy (non-hydrogen) atoms. The van der Waals surface area contributed by atoms with Gasteiger partial charge in [0.2, 0.25) is 4.77 Å². The van der Waals surface area contributed by atoms with Crippen molar-refractivity contribution in [3.8, 4) is 11.5 Å². The van der Waals surface area contributed by atoms with Gasteiger partial charge in [-0.05, 0) is 48.1 Å². The fourth-order valence-corrected chi connectivity index (χ4v) is 2.98. The van der Waals surface area contributed by atoms with Gasteiger partial charge in [0.1, 0.15) is 12.8 Å². The second-order valence-corrected chi connectivity index (χ2v) is 6.67. The molecular formula is C18H14Cl2N4O3S. The number of ether oxygens (including phenoxy) is 2. The molecule has 1 N–H and O–H groups in total. The molecule has 10 heteroatoms. The number of aromatic nitrogens is 3. The third-order valence-corrected chi connectivity index (χ3v) is 4.65. The summed E-state index contributed by atoms with van der Waals surface area (Å²) in [5, 5.41) is 11.2. The van der Waals surface area contributed by atoms with E-state index < -0.39 is 5.56 Å². The largest absolute Gasteiger partial charge is 0.493 e. The van der Waals surface area contributed by atoms with Crippen LogP contribution in [0, 0.1) is 4.77 Å². The molecule has 0 saturated heterocycles. The van der Waals surface area contributed by atoms with Crippen molar-refractivity contribution in [3.63, 3.8) is 0 Å². The zero-order chi connectivity index (χ0) is 20.1. The van der Waals surface area contributed by atoms with Gasteiger partial charge in [-0.25, -0.2) is 0 Å². The van der Waals surface area contributed by atoms with E-state index in [1.54, 1.807) is 36.4 Å². The van der Waals surface area contributed by atoms with Crippen molar-refractivity contribution < 1.29 is 9.47 Å². The Morgan fingerprint density at radius 1 is 1.25 bits per heavy atom. The van der Waals surface area contributed by atoms with Crippen LogP contribution in [0.25, 0.3) is 0 Å². The van der Waals surface area contributed by atoms with Crippen LogP contribution in [0.4, 0.5) is 0 Å². The van der Waals surface area contributed by atoms with Crippen LogP contribution in [0.3, 0.4) is 0 Å². The van der Waals surface area contributed by atoms with E-state index >= 15 is 0 Å². The molecule has 0 aliphatic heterocycles. The second kappa shape index (κ2) is 9.01. The van der Waals surface area contributed by atoms with Crippen LogP contribution in [0.5, 0.6) is 11.5 Å². The Labute approximate surface area is 175 Å². The van der Waals surface area contributed by atoms with Gasteiger partial charge >= 0.3 is 0 Å². The zero-order valence-electron chi connectivity index (χ0n) is 14.6. The van der Waals surface area contributed by atoms with E-state index in [4.69, 9.17) is 44.9 Å². The quantitative estimate of drug-likeness (QED) is 0.464. The summed E-state index contributed by atoms with van der Waals surface area (Å²) < 4.78 is 12.3. The van der Waals surface area contributed by atoms with E-state index in [0.29, 0.717) is 32.7 Å². The molecule has 3 aromatic rings. The molecule has 3 rings (SSSR count). The lowest BCUT2D eigenvalue weighted by molar-refractivity contribution is 0.284. The van der Waals surface area contributed by atoms with E-state index in [0.717, 1.165) is 10.9 Å². The Morgan fingerprint density at radius 2 is 2.00 bits per heavy atom. The SMILES string of the molecule is COc1cc(/C=N/n2c(=O)cn[nH]c2=S)ccc1OCc1c(Cl)cccc1Cl. The minimum Gasteiger partial charge on any atom is -0.493 e. The summed E-state index contributed by atoms with van der Waals surface area (Å²) in [7, 11) is 1.52. The third-order valence-electron chi connectivity index (χ3n) is 3.68. The first-order valence-corrected chi connectivity index (χ1v) is 9.11. The van der Waals surface area contributed by atoms with Crippen LogP contribution < -0.4 is 15.0 Å². The molecule has 0 radical (unpaired) electrons. The standard InChI is InChI=1S/C18H14Cl2N4O3S/c1-26-16-7-11(8-22-24-17(25)9-21-23-18(24)28)5-6-15(16)27-10-12-13(19)3-2-4-14(12)20/h2-9H,10H2,1H3,(H,23,28)/b22-8+. The Morgan fingerprint density at radius 3 is 2.68 bits per heavy atom. The summed E-state index contributed by atoms with van der Waals surface area (Å²) in [5.74, 6) is 0.994. The Kier molecular flexibility index (Phi) is 6.45. The average molecular weight is 437 g/mol. The fourth-order valence-electron chi connectivity index (χ4n) is 2.28. The highest BCUT2D eigenvalue weighted by Gasteiger charge is 2.10. The summed E-state index contributed by atoms with van der Waals surface area (Å²) in [4.78, 5) is 11.7. The van der Waals surface area contributed by atoms with Gasteiger partial charge in [0.15, 0.2) is 11.5 Å². The zero-order valence-corrected chi connectivity index (χ0v) is 16.9. The minimum atomic E-state index is -0.441. The summed E-state index contributed by atoms with van der Waals surface area (Å²) in [6.07, 6.45) is 2.56. The molecular weight excluding hydrogens is 423 g/mol. The second-order valence-electron chi connectivity index (χ2n) is 5.47. The number of methoxy groups -OCH3 is 1. The van der Waals surface area contributed by atoms with E-state index in [1.165, 1.54) is 13.3 Å². The first kappa shape index (κ1) is 20.1. The van der Waals surface area contributed by atoms with Crippen molar-refractivity contribution in [2.24, 2.45) is 5.10 Å². The number of H-pyrrole nitrogens is 1. The van der Waals surface area contributed by atoms with Gasteiger partial charge in [-0.1, -0.05) is 29.3 Å². The van der Waals surface area contributed by atoms with Crippen LogP contribution >= 0.6 is 35.4 Å². The van der Waals surface area contributed by atoms with Crippen molar-refractivity contribution in [3.05, 3.63) is 78.9 Å². The number of nitrogens with one attached hydrogen (secondary N) is 1. The molecule has 1 heterocycles. The van der Waals surface area contributed by atoms with Gasteiger partial charge in [-0.15, -0.1) is 0 Å². The fraction of sp³-hybridized carbons (Fsp3) is 0.111. The van der Waals surface area contributed by atoms with Gasteiger partial charge in [-0.3, -0.25) is 9.89 Å². The smallest absolute Gasteiger partial charge is 0.293 e. The Balaban J connectivity index is 1.82. The number of nitrogens with zero attached hydrogens (tertiary/aromatic N) is 3. The highest BCUT2D eigenvalue weighted by molar-refractivity contribution is 7.71. The van der Waals surface area contributed by atoms with E-state index in [1.807, 2.05) is 0 Å². The number of aromatic amines is 1. The summed E-state index contributed by atoms with van der Waals surface area (Å²) in [6, 6.07) is 10.5. The maximum absolute atomic E-state index is 11.7. The minimum absolute atomic E-state index is 0.0901. The van der Waals surface area contributed by atoms with Crippen molar-refractivity contribution in [1.82, 2.24) is 14.9 Å².